The van der Waals surface area contributed by atoms with E-state index >= 15 is 0 Å². The molecule has 0 unspecified atom stereocenters. The van der Waals surface area contributed by atoms with Crippen LogP contribution in [0.3, 0.4) is 0 Å². The molecule has 1 aromatic carbocycles. The van der Waals surface area contributed by atoms with Crippen molar-refractivity contribution < 1.29 is 4.79 Å². The van der Waals surface area contributed by atoms with Gasteiger partial charge in [-0.15, -0.1) is 0 Å². The van der Waals surface area contributed by atoms with Crippen molar-refractivity contribution >= 4 is 5.91 Å². The summed E-state index contributed by atoms with van der Waals surface area (Å²) in [5.41, 5.74) is 3.52. The number of imidazole rings is 1. The van der Waals surface area contributed by atoms with Crippen LogP contribution in [0.2, 0.25) is 0 Å². The van der Waals surface area contributed by atoms with E-state index in [4.69, 9.17) is 0 Å². The first-order chi connectivity index (χ1) is 12.0. The molecule has 1 aliphatic rings. The maximum Gasteiger partial charge on any atom is 0.287 e. The minimum Gasteiger partial charge on any atom is -0.348 e. The van der Waals surface area contributed by atoms with Crippen molar-refractivity contribution in [2.75, 3.05) is 33.7 Å². The number of fused-ring (bicyclic) bond motifs is 1. The van der Waals surface area contributed by atoms with Gasteiger partial charge in [-0.25, -0.2) is 4.98 Å². The molecule has 0 saturated carbocycles. The topological polar surface area (TPSA) is 53.4 Å². The fourth-order valence-electron chi connectivity index (χ4n) is 3.23. The van der Waals surface area contributed by atoms with Crippen molar-refractivity contribution in [1.82, 2.24) is 24.7 Å². The minimum absolute atomic E-state index is 0.0895. The molecular formula is C19H27N5O. The quantitative estimate of drug-likeness (QED) is 0.860. The van der Waals surface area contributed by atoms with Crippen molar-refractivity contribution in [3.8, 4) is 0 Å². The van der Waals surface area contributed by atoms with E-state index in [0.29, 0.717) is 12.4 Å². The predicted octanol–water partition coefficient (Wildman–Crippen LogP) is 1.27. The molecule has 0 atom stereocenters. The van der Waals surface area contributed by atoms with E-state index in [9.17, 15) is 4.79 Å². The van der Waals surface area contributed by atoms with Gasteiger partial charge in [-0.2, -0.15) is 0 Å². The summed E-state index contributed by atoms with van der Waals surface area (Å²) >= 11 is 0. The lowest BCUT2D eigenvalue weighted by atomic mass is 10.1. The second-order valence-electron chi connectivity index (χ2n) is 6.89. The van der Waals surface area contributed by atoms with Crippen LogP contribution in [0, 0.1) is 0 Å². The Morgan fingerprint density at radius 1 is 1.28 bits per heavy atom. The minimum atomic E-state index is -0.0895. The summed E-state index contributed by atoms with van der Waals surface area (Å²) in [4.78, 5) is 21.5. The Balaban J connectivity index is 1.66. The number of likely N-dealkylation sites (N-methyl/N-ethyl adjacent to an activating group) is 1. The first kappa shape index (κ1) is 17.6. The zero-order chi connectivity index (χ0) is 17.8. The molecule has 0 fully saturated rings. The van der Waals surface area contributed by atoms with Gasteiger partial charge in [-0.05, 0) is 19.7 Å². The molecule has 0 bridgehead atoms. The lowest BCUT2D eigenvalue weighted by Gasteiger charge is -2.26. The molecule has 0 aliphatic carbocycles. The van der Waals surface area contributed by atoms with E-state index in [1.165, 1.54) is 11.3 Å². The Morgan fingerprint density at radius 2 is 2.04 bits per heavy atom. The fourth-order valence-corrected chi connectivity index (χ4v) is 3.23. The second kappa shape index (κ2) is 7.80. The maximum absolute atomic E-state index is 12.4. The van der Waals surface area contributed by atoms with Gasteiger partial charge in [0.05, 0.1) is 5.69 Å². The van der Waals surface area contributed by atoms with Gasteiger partial charge in [0, 0.05) is 51.9 Å². The summed E-state index contributed by atoms with van der Waals surface area (Å²) in [7, 11) is 5.93. The first-order valence-corrected chi connectivity index (χ1v) is 8.78. The molecule has 1 aliphatic heterocycles. The van der Waals surface area contributed by atoms with Crippen molar-refractivity contribution in [1.29, 1.82) is 0 Å². The molecule has 0 saturated heterocycles. The number of carbonyl (C=O) groups excluding carboxylic acids is 1. The Labute approximate surface area is 149 Å². The van der Waals surface area contributed by atoms with Crippen LogP contribution in [-0.4, -0.2) is 59.0 Å². The summed E-state index contributed by atoms with van der Waals surface area (Å²) in [6.45, 7) is 4.15. The van der Waals surface area contributed by atoms with Gasteiger partial charge >= 0.3 is 0 Å². The largest absolute Gasteiger partial charge is 0.348 e. The zero-order valence-electron chi connectivity index (χ0n) is 15.3. The number of hydrogen-bond donors (Lipinski definition) is 1. The number of nitrogens with zero attached hydrogens (tertiary/aromatic N) is 4. The van der Waals surface area contributed by atoms with Gasteiger partial charge in [-0.3, -0.25) is 9.69 Å². The van der Waals surface area contributed by atoms with E-state index in [-0.39, 0.29) is 5.91 Å². The summed E-state index contributed by atoms with van der Waals surface area (Å²) in [5.74, 6) is 0.429. The molecule has 1 N–H and O–H groups in total. The number of hydrogen-bond acceptors (Lipinski definition) is 4. The van der Waals surface area contributed by atoms with E-state index < -0.39 is 0 Å². The van der Waals surface area contributed by atoms with Crippen molar-refractivity contribution in [3.63, 3.8) is 0 Å². The molecule has 2 aromatic rings. The zero-order valence-corrected chi connectivity index (χ0v) is 15.3. The van der Waals surface area contributed by atoms with Gasteiger partial charge in [0.25, 0.3) is 5.91 Å². The number of carbonyl (C=O) groups is 1. The number of aromatic nitrogens is 2. The smallest absolute Gasteiger partial charge is 0.287 e. The summed E-state index contributed by atoms with van der Waals surface area (Å²) in [6, 6.07) is 10.5. The second-order valence-corrected chi connectivity index (χ2v) is 6.89. The van der Waals surface area contributed by atoms with E-state index in [1.54, 1.807) is 0 Å². The van der Waals surface area contributed by atoms with Gasteiger partial charge in [0.1, 0.15) is 0 Å². The highest BCUT2D eigenvalue weighted by atomic mass is 16.2. The molecule has 134 valence electrons. The normalized spacial score (nSPS) is 14.6. The van der Waals surface area contributed by atoms with Crippen molar-refractivity contribution in [3.05, 3.63) is 53.1 Å². The highest BCUT2D eigenvalue weighted by Crippen LogP contribution is 2.21. The van der Waals surface area contributed by atoms with E-state index in [0.717, 1.165) is 38.3 Å². The Hall–Kier alpha value is -2.18. The first-order valence-electron chi connectivity index (χ1n) is 8.78. The Bertz CT molecular complexity index is 723. The van der Waals surface area contributed by atoms with E-state index in [1.807, 2.05) is 36.7 Å². The van der Waals surface area contributed by atoms with Crippen molar-refractivity contribution in [2.45, 2.75) is 19.5 Å². The van der Waals surface area contributed by atoms with Gasteiger partial charge in [0.2, 0.25) is 0 Å². The third-order valence-corrected chi connectivity index (χ3v) is 4.63. The predicted molar refractivity (Wildman–Crippen MR) is 98.4 cm³/mol. The van der Waals surface area contributed by atoms with Crippen LogP contribution in [0.15, 0.2) is 30.3 Å². The average Bonchev–Trinajstić information content (AvgIpc) is 2.92. The molecule has 0 spiro atoms. The molecule has 6 nitrogen and oxygen atoms in total. The number of benzene rings is 1. The summed E-state index contributed by atoms with van der Waals surface area (Å²) < 4.78 is 1.96. The molecular weight excluding hydrogens is 314 g/mol. The highest BCUT2D eigenvalue weighted by molar-refractivity contribution is 5.91. The molecule has 1 aromatic heterocycles. The van der Waals surface area contributed by atoms with Crippen molar-refractivity contribution in [2.24, 2.45) is 7.05 Å². The van der Waals surface area contributed by atoms with Crippen LogP contribution >= 0.6 is 0 Å². The Kier molecular flexibility index (Phi) is 5.50. The van der Waals surface area contributed by atoms with Gasteiger partial charge in [-0.1, -0.05) is 30.3 Å². The van der Waals surface area contributed by atoms with Crippen LogP contribution in [0.25, 0.3) is 0 Å². The van der Waals surface area contributed by atoms with Crippen LogP contribution in [-0.2, 0) is 26.6 Å². The van der Waals surface area contributed by atoms with Gasteiger partial charge in [0.15, 0.2) is 5.82 Å². The molecule has 0 radical (unpaired) electrons. The highest BCUT2D eigenvalue weighted by Gasteiger charge is 2.25. The van der Waals surface area contributed by atoms with Crippen LogP contribution in [0.1, 0.15) is 27.6 Å². The average molecular weight is 341 g/mol. The summed E-state index contributed by atoms with van der Waals surface area (Å²) in [6.07, 6.45) is 0.927. The maximum atomic E-state index is 12.4. The van der Waals surface area contributed by atoms with Crippen LogP contribution in [0.5, 0.6) is 0 Å². The monoisotopic (exact) mass is 341 g/mol. The third-order valence-electron chi connectivity index (χ3n) is 4.63. The molecule has 3 rings (SSSR count). The van der Waals surface area contributed by atoms with Gasteiger partial charge < -0.3 is 14.8 Å². The molecule has 2 heterocycles. The number of rotatable bonds is 6. The molecule has 6 heteroatoms. The fraction of sp³-hybridized carbons (Fsp3) is 0.474. The molecule has 1 amide bonds. The molecule has 25 heavy (non-hydrogen) atoms. The lowest BCUT2D eigenvalue weighted by molar-refractivity contribution is 0.0937. The van der Waals surface area contributed by atoms with E-state index in [2.05, 4.69) is 39.5 Å². The lowest BCUT2D eigenvalue weighted by Crippen LogP contribution is -2.33. The number of amides is 1. The van der Waals surface area contributed by atoms with Crippen LogP contribution in [0.4, 0.5) is 0 Å². The summed E-state index contributed by atoms with van der Waals surface area (Å²) in [5, 5.41) is 2.95. The SMILES string of the molecule is CN(C)CCNC(=O)c1nc2c(n1C)CCN(Cc1ccccc1)C2. The third kappa shape index (κ3) is 4.27. The van der Waals surface area contributed by atoms with Crippen LogP contribution < -0.4 is 5.32 Å². The standard InChI is InChI=1S/C19H27N5O/c1-22(2)12-10-20-19(25)18-21-16-14-24(11-9-17(16)23(18)3)13-15-7-5-4-6-8-15/h4-8H,9-14H2,1-3H3,(H,20,25). The Morgan fingerprint density at radius 3 is 2.76 bits per heavy atom. The number of nitrogens with one attached hydrogen (secondary N) is 1.